The maximum atomic E-state index is 14.2. The Kier molecular flexibility index (Phi) is 7.68. The zero-order valence-electron chi connectivity index (χ0n) is 18.9. The van der Waals surface area contributed by atoms with Crippen molar-refractivity contribution in [3.63, 3.8) is 0 Å². The molecule has 3 heterocycles. The Balaban J connectivity index is 1.62. The molecule has 0 spiro atoms. The van der Waals surface area contributed by atoms with Crippen LogP contribution in [0.25, 0.3) is 5.52 Å². The van der Waals surface area contributed by atoms with Crippen LogP contribution in [0.4, 0.5) is 10.2 Å². The average Bonchev–Trinajstić information content (AvgIpc) is 3.35. The van der Waals surface area contributed by atoms with Crippen LogP contribution in [0.2, 0.25) is 5.28 Å². The SMILES string of the molecule is C[C@H](Nc1nc(Cl)nn2c([C@@]3(O)CO[C@H](CC(CO)OP(=O)(O)O)[C@H]3O)ccc12)c1ccccc1F. The molecule has 2 aromatic heterocycles. The van der Waals surface area contributed by atoms with Crippen LogP contribution in [-0.2, 0) is 19.4 Å². The summed E-state index contributed by atoms with van der Waals surface area (Å²) in [6.07, 6.45) is -4.35. The molecule has 1 fully saturated rings. The molecule has 3 aromatic rings. The van der Waals surface area contributed by atoms with E-state index in [9.17, 15) is 24.3 Å². The number of phosphoric acid groups is 1. The fourth-order valence-corrected chi connectivity index (χ4v) is 4.96. The highest BCUT2D eigenvalue weighted by Gasteiger charge is 2.51. The van der Waals surface area contributed by atoms with Crippen molar-refractivity contribution < 1.29 is 43.3 Å². The minimum absolute atomic E-state index is 0.106. The van der Waals surface area contributed by atoms with Gasteiger partial charge in [0.05, 0.1) is 37.2 Å². The lowest BCUT2D eigenvalue weighted by Gasteiger charge is -2.27. The van der Waals surface area contributed by atoms with Crippen molar-refractivity contribution >= 4 is 30.8 Å². The summed E-state index contributed by atoms with van der Waals surface area (Å²) in [5.41, 5.74) is -1.12. The fraction of sp³-hybridized carbons (Fsp3) is 0.429. The van der Waals surface area contributed by atoms with E-state index in [1.165, 1.54) is 16.6 Å². The minimum Gasteiger partial charge on any atom is -0.394 e. The third-order valence-corrected chi connectivity index (χ3v) is 6.73. The molecule has 196 valence electrons. The second-order valence-corrected chi connectivity index (χ2v) is 10.0. The number of phosphoric ester groups is 1. The van der Waals surface area contributed by atoms with E-state index in [1.54, 1.807) is 31.2 Å². The summed E-state index contributed by atoms with van der Waals surface area (Å²) in [6.45, 7) is 0.593. The number of halogens is 2. The smallest absolute Gasteiger partial charge is 0.394 e. The molecular weight excluding hydrogens is 522 g/mol. The van der Waals surface area contributed by atoms with Gasteiger partial charge < -0.3 is 35.2 Å². The molecular formula is C21H25ClFN4O8P. The topological polar surface area (TPSA) is 179 Å². The van der Waals surface area contributed by atoms with Crippen LogP contribution < -0.4 is 5.32 Å². The molecule has 6 N–H and O–H groups in total. The van der Waals surface area contributed by atoms with E-state index in [2.05, 4.69) is 19.9 Å². The summed E-state index contributed by atoms with van der Waals surface area (Å²) in [7, 11) is -4.90. The van der Waals surface area contributed by atoms with Crippen LogP contribution in [-0.4, -0.2) is 71.2 Å². The molecule has 0 radical (unpaired) electrons. The number of aliphatic hydroxyl groups is 3. The monoisotopic (exact) mass is 546 g/mol. The molecule has 15 heteroatoms. The van der Waals surface area contributed by atoms with Gasteiger partial charge in [-0.15, -0.1) is 5.10 Å². The number of nitrogens with zero attached hydrogens (tertiary/aromatic N) is 3. The summed E-state index contributed by atoms with van der Waals surface area (Å²) in [5.74, 6) is -0.152. The summed E-state index contributed by atoms with van der Waals surface area (Å²) >= 11 is 6.13. The van der Waals surface area contributed by atoms with Crippen molar-refractivity contribution in [1.29, 1.82) is 0 Å². The van der Waals surface area contributed by atoms with Gasteiger partial charge in [0, 0.05) is 12.0 Å². The zero-order valence-corrected chi connectivity index (χ0v) is 20.6. The summed E-state index contributed by atoms with van der Waals surface area (Å²) in [6, 6.07) is 8.81. The van der Waals surface area contributed by atoms with Gasteiger partial charge in [0.25, 0.3) is 0 Å². The first kappa shape index (κ1) is 26.9. The number of fused-ring (bicyclic) bond motifs is 1. The van der Waals surface area contributed by atoms with Crippen LogP contribution in [0.15, 0.2) is 36.4 Å². The van der Waals surface area contributed by atoms with Gasteiger partial charge in [0.2, 0.25) is 5.28 Å². The first-order valence-corrected chi connectivity index (χ1v) is 12.8. The van der Waals surface area contributed by atoms with Gasteiger partial charge in [0.1, 0.15) is 17.4 Å². The highest BCUT2D eigenvalue weighted by Crippen LogP contribution is 2.41. The third kappa shape index (κ3) is 5.40. The van der Waals surface area contributed by atoms with Crippen molar-refractivity contribution in [3.8, 4) is 0 Å². The Morgan fingerprint density at radius 3 is 2.75 bits per heavy atom. The first-order chi connectivity index (χ1) is 16.9. The predicted molar refractivity (Wildman–Crippen MR) is 125 cm³/mol. The Labute approximate surface area is 209 Å². The minimum atomic E-state index is -4.90. The van der Waals surface area contributed by atoms with Crippen LogP contribution in [0.5, 0.6) is 0 Å². The summed E-state index contributed by atoms with van der Waals surface area (Å²) in [5, 5.41) is 38.7. The maximum absolute atomic E-state index is 14.2. The Morgan fingerprint density at radius 1 is 1.36 bits per heavy atom. The van der Waals surface area contributed by atoms with E-state index >= 15 is 0 Å². The van der Waals surface area contributed by atoms with Crippen LogP contribution in [0.1, 0.15) is 30.6 Å². The highest BCUT2D eigenvalue weighted by molar-refractivity contribution is 7.46. The molecule has 1 unspecified atom stereocenters. The quantitative estimate of drug-likeness (QED) is 0.214. The number of benzene rings is 1. The zero-order chi connectivity index (χ0) is 26.3. The molecule has 0 bridgehead atoms. The van der Waals surface area contributed by atoms with Gasteiger partial charge in [-0.1, -0.05) is 18.2 Å². The van der Waals surface area contributed by atoms with Crippen LogP contribution >= 0.6 is 19.4 Å². The normalized spacial score (nSPS) is 24.2. The number of hydrogen-bond acceptors (Lipinski definition) is 9. The number of ether oxygens (including phenoxy) is 1. The molecule has 1 aliphatic heterocycles. The Hall–Kier alpha value is -2.19. The Bertz CT molecular complexity index is 1290. The number of rotatable bonds is 9. The van der Waals surface area contributed by atoms with Crippen molar-refractivity contribution in [3.05, 3.63) is 58.8 Å². The molecule has 1 aromatic carbocycles. The van der Waals surface area contributed by atoms with Crippen molar-refractivity contribution in [2.24, 2.45) is 0 Å². The molecule has 36 heavy (non-hydrogen) atoms. The first-order valence-electron chi connectivity index (χ1n) is 10.9. The highest BCUT2D eigenvalue weighted by atomic mass is 35.5. The maximum Gasteiger partial charge on any atom is 0.469 e. The molecule has 0 amide bonds. The fourth-order valence-electron chi connectivity index (χ4n) is 4.26. The van der Waals surface area contributed by atoms with Crippen molar-refractivity contribution in [2.75, 3.05) is 18.5 Å². The Morgan fingerprint density at radius 2 is 2.08 bits per heavy atom. The average molecular weight is 547 g/mol. The largest absolute Gasteiger partial charge is 0.469 e. The van der Waals surface area contributed by atoms with Crippen LogP contribution in [0, 0.1) is 5.82 Å². The van der Waals surface area contributed by atoms with E-state index in [4.69, 9.17) is 26.1 Å². The van der Waals surface area contributed by atoms with Crippen LogP contribution in [0.3, 0.4) is 0 Å². The van der Waals surface area contributed by atoms with Gasteiger partial charge in [0.15, 0.2) is 11.4 Å². The summed E-state index contributed by atoms with van der Waals surface area (Å²) < 4.78 is 36.6. The van der Waals surface area contributed by atoms with Gasteiger partial charge >= 0.3 is 7.82 Å². The van der Waals surface area contributed by atoms with Gasteiger partial charge in [-0.25, -0.2) is 13.5 Å². The standard InChI is InChI=1S/C21H25ClFN4O8P/c1-11(13-4-2-3-5-14(13)23)24-19-15-6-7-17(27(15)26-20(22)25-19)21(30)10-34-16(18(21)29)8-12(9-28)35-36(31,32)33/h2-7,11-12,16,18,28-30H,8-10H2,1H3,(H,24,25,26)(H2,31,32,33)/t11-,12?,16+,18+,21-/m0/s1. The van der Waals surface area contributed by atoms with Gasteiger partial charge in [-0.05, 0) is 36.7 Å². The second-order valence-electron chi connectivity index (χ2n) is 8.49. The van der Waals surface area contributed by atoms with E-state index in [1.807, 2.05) is 0 Å². The lowest BCUT2D eigenvalue weighted by Crippen LogP contribution is -2.43. The van der Waals surface area contributed by atoms with E-state index in [0.717, 1.165) is 0 Å². The van der Waals surface area contributed by atoms with E-state index < -0.39 is 56.8 Å². The van der Waals surface area contributed by atoms with Gasteiger partial charge in [-0.3, -0.25) is 4.52 Å². The molecule has 12 nitrogen and oxygen atoms in total. The van der Waals surface area contributed by atoms with Crippen molar-refractivity contribution in [2.45, 2.75) is 43.3 Å². The summed E-state index contributed by atoms with van der Waals surface area (Å²) in [4.78, 5) is 22.2. The van der Waals surface area contributed by atoms with E-state index in [-0.39, 0.29) is 23.2 Å². The third-order valence-electron chi connectivity index (χ3n) is 6.00. The number of aromatic nitrogens is 3. The number of hydrogen-bond donors (Lipinski definition) is 6. The lowest BCUT2D eigenvalue weighted by atomic mass is 9.91. The number of aliphatic hydroxyl groups excluding tert-OH is 2. The van der Waals surface area contributed by atoms with Crippen molar-refractivity contribution in [1.82, 2.24) is 14.6 Å². The second kappa shape index (κ2) is 10.3. The molecule has 1 aliphatic rings. The molecule has 0 saturated carbocycles. The lowest BCUT2D eigenvalue weighted by molar-refractivity contribution is -0.0636. The number of nitrogens with one attached hydrogen (secondary N) is 1. The molecule has 4 rings (SSSR count). The predicted octanol–water partition coefficient (Wildman–Crippen LogP) is 1.50. The molecule has 5 atom stereocenters. The molecule has 1 saturated heterocycles. The van der Waals surface area contributed by atoms with Gasteiger partial charge in [-0.2, -0.15) is 4.98 Å². The van der Waals surface area contributed by atoms with E-state index in [0.29, 0.717) is 11.1 Å². The molecule has 0 aliphatic carbocycles. The number of anilines is 1.